The van der Waals surface area contributed by atoms with E-state index in [1.807, 2.05) is 9.80 Å². The van der Waals surface area contributed by atoms with Crippen LogP contribution in [0.3, 0.4) is 0 Å². The molecule has 0 spiro atoms. The molecule has 2 amide bonds. The van der Waals surface area contributed by atoms with E-state index in [0.29, 0.717) is 12.1 Å². The first-order valence-electron chi connectivity index (χ1n) is 5.15. The van der Waals surface area contributed by atoms with Gasteiger partial charge in [0, 0.05) is 25.2 Å². The summed E-state index contributed by atoms with van der Waals surface area (Å²) in [4.78, 5) is 15.7. The van der Waals surface area contributed by atoms with E-state index in [9.17, 15) is 4.79 Å². The van der Waals surface area contributed by atoms with Crippen molar-refractivity contribution in [1.29, 1.82) is 0 Å². The molecule has 3 nitrogen and oxygen atoms in total. The third-order valence-electron chi connectivity index (χ3n) is 2.82. The van der Waals surface area contributed by atoms with Crippen LogP contribution in [-0.2, 0) is 0 Å². The van der Waals surface area contributed by atoms with Crippen molar-refractivity contribution in [3.05, 3.63) is 0 Å². The third-order valence-corrected chi connectivity index (χ3v) is 2.82. The first-order valence-corrected chi connectivity index (χ1v) is 5.15. The monoisotopic (exact) mass is 184 g/mol. The molecule has 0 aromatic heterocycles. The van der Waals surface area contributed by atoms with Gasteiger partial charge in [-0.1, -0.05) is 6.92 Å². The molecule has 0 aromatic rings. The Morgan fingerprint density at radius 3 is 2.15 bits per heavy atom. The van der Waals surface area contributed by atoms with Crippen molar-refractivity contribution in [2.75, 3.05) is 13.1 Å². The smallest absolute Gasteiger partial charge is 0.320 e. The van der Waals surface area contributed by atoms with Crippen LogP contribution in [0, 0.1) is 0 Å². The highest BCUT2D eigenvalue weighted by atomic mass is 16.2. The van der Waals surface area contributed by atoms with Gasteiger partial charge in [-0.2, -0.15) is 0 Å². The zero-order valence-electron chi connectivity index (χ0n) is 9.08. The average molecular weight is 184 g/mol. The molecular weight excluding hydrogens is 164 g/mol. The molecule has 0 radical (unpaired) electrons. The van der Waals surface area contributed by atoms with E-state index in [2.05, 4.69) is 27.7 Å². The SMILES string of the molecule is CCC(C)N1CCN(C(C)C)C1=O. The van der Waals surface area contributed by atoms with Gasteiger partial charge >= 0.3 is 6.03 Å². The summed E-state index contributed by atoms with van der Waals surface area (Å²) in [6.07, 6.45) is 1.04. The third kappa shape index (κ3) is 1.95. The van der Waals surface area contributed by atoms with Gasteiger partial charge < -0.3 is 9.80 Å². The van der Waals surface area contributed by atoms with E-state index >= 15 is 0 Å². The molecule has 0 saturated carbocycles. The van der Waals surface area contributed by atoms with Crippen molar-refractivity contribution in [3.8, 4) is 0 Å². The van der Waals surface area contributed by atoms with E-state index in [0.717, 1.165) is 19.5 Å². The maximum atomic E-state index is 11.8. The van der Waals surface area contributed by atoms with Crippen LogP contribution in [0.15, 0.2) is 0 Å². The van der Waals surface area contributed by atoms with Gasteiger partial charge in [0.2, 0.25) is 0 Å². The summed E-state index contributed by atoms with van der Waals surface area (Å²) in [6, 6.07) is 0.933. The Hall–Kier alpha value is -0.730. The Morgan fingerprint density at radius 1 is 1.23 bits per heavy atom. The van der Waals surface area contributed by atoms with Gasteiger partial charge in [-0.3, -0.25) is 0 Å². The summed E-state index contributed by atoms with van der Waals surface area (Å²) in [7, 11) is 0. The molecule has 0 aromatic carbocycles. The molecule has 1 unspecified atom stereocenters. The molecule has 0 aliphatic carbocycles. The molecule has 1 saturated heterocycles. The lowest BCUT2D eigenvalue weighted by atomic mass is 10.2. The number of urea groups is 1. The minimum absolute atomic E-state index is 0.212. The molecule has 1 aliphatic rings. The quantitative estimate of drug-likeness (QED) is 0.657. The van der Waals surface area contributed by atoms with Crippen LogP contribution in [0.4, 0.5) is 4.79 Å². The predicted octanol–water partition coefficient (Wildman–Crippen LogP) is 1.93. The maximum absolute atomic E-state index is 11.8. The van der Waals surface area contributed by atoms with Gasteiger partial charge in [-0.15, -0.1) is 0 Å². The lowest BCUT2D eigenvalue weighted by Gasteiger charge is -2.25. The average Bonchev–Trinajstić information content (AvgIpc) is 2.46. The summed E-state index contributed by atoms with van der Waals surface area (Å²) in [5.41, 5.74) is 0. The van der Waals surface area contributed by atoms with Gasteiger partial charge in [0.05, 0.1) is 0 Å². The lowest BCUT2D eigenvalue weighted by molar-refractivity contribution is 0.171. The predicted molar refractivity (Wildman–Crippen MR) is 53.7 cm³/mol. The number of carbonyl (C=O) groups is 1. The van der Waals surface area contributed by atoms with Gasteiger partial charge in [0.1, 0.15) is 0 Å². The van der Waals surface area contributed by atoms with E-state index in [1.54, 1.807) is 0 Å². The Morgan fingerprint density at radius 2 is 1.77 bits per heavy atom. The van der Waals surface area contributed by atoms with Crippen LogP contribution in [0.1, 0.15) is 34.1 Å². The van der Waals surface area contributed by atoms with Crippen molar-refractivity contribution < 1.29 is 4.79 Å². The van der Waals surface area contributed by atoms with Crippen LogP contribution in [-0.4, -0.2) is 41.0 Å². The fourth-order valence-corrected chi connectivity index (χ4v) is 1.68. The van der Waals surface area contributed by atoms with Crippen LogP contribution in [0.5, 0.6) is 0 Å². The molecule has 1 aliphatic heterocycles. The first kappa shape index (κ1) is 10.4. The minimum atomic E-state index is 0.212. The van der Waals surface area contributed by atoms with Crippen LogP contribution in [0.25, 0.3) is 0 Å². The lowest BCUT2D eigenvalue weighted by Crippen LogP contribution is -2.39. The maximum Gasteiger partial charge on any atom is 0.320 e. The normalized spacial score (nSPS) is 20.2. The Balaban J connectivity index is 2.60. The fourth-order valence-electron chi connectivity index (χ4n) is 1.68. The van der Waals surface area contributed by atoms with Crippen molar-refractivity contribution >= 4 is 6.03 Å². The summed E-state index contributed by atoms with van der Waals surface area (Å²) < 4.78 is 0. The molecule has 13 heavy (non-hydrogen) atoms. The molecular formula is C10H20N2O. The highest BCUT2D eigenvalue weighted by Gasteiger charge is 2.32. The zero-order valence-corrected chi connectivity index (χ0v) is 9.08. The standard InChI is InChI=1S/C10H20N2O/c1-5-9(4)12-7-6-11(8(2)3)10(12)13/h8-9H,5-7H2,1-4H3. The molecule has 1 fully saturated rings. The van der Waals surface area contributed by atoms with E-state index in [4.69, 9.17) is 0 Å². The Bertz CT molecular complexity index is 191. The fraction of sp³-hybridized carbons (Fsp3) is 0.900. The number of hydrogen-bond donors (Lipinski definition) is 0. The summed E-state index contributed by atoms with van der Waals surface area (Å²) >= 11 is 0. The second kappa shape index (κ2) is 3.99. The number of rotatable bonds is 3. The molecule has 76 valence electrons. The van der Waals surface area contributed by atoms with Gasteiger partial charge in [-0.05, 0) is 27.2 Å². The second-order valence-electron chi connectivity index (χ2n) is 4.02. The summed E-state index contributed by atoms with van der Waals surface area (Å²) in [6.45, 7) is 10.2. The number of carbonyl (C=O) groups excluding carboxylic acids is 1. The second-order valence-corrected chi connectivity index (χ2v) is 4.02. The van der Waals surface area contributed by atoms with E-state index in [-0.39, 0.29) is 6.03 Å². The van der Waals surface area contributed by atoms with Crippen LogP contribution >= 0.6 is 0 Å². The Kier molecular flexibility index (Phi) is 3.17. The summed E-state index contributed by atoms with van der Waals surface area (Å²) in [5.74, 6) is 0. The van der Waals surface area contributed by atoms with Crippen molar-refractivity contribution in [2.45, 2.75) is 46.2 Å². The van der Waals surface area contributed by atoms with Crippen molar-refractivity contribution in [2.24, 2.45) is 0 Å². The van der Waals surface area contributed by atoms with Crippen LogP contribution < -0.4 is 0 Å². The van der Waals surface area contributed by atoms with Crippen molar-refractivity contribution in [3.63, 3.8) is 0 Å². The largest absolute Gasteiger partial charge is 0.320 e. The summed E-state index contributed by atoms with van der Waals surface area (Å²) in [5, 5.41) is 0. The number of amides is 2. The van der Waals surface area contributed by atoms with Gasteiger partial charge in [-0.25, -0.2) is 4.79 Å². The molecule has 1 heterocycles. The van der Waals surface area contributed by atoms with Crippen molar-refractivity contribution in [1.82, 2.24) is 9.80 Å². The zero-order chi connectivity index (χ0) is 10.0. The highest BCUT2D eigenvalue weighted by Crippen LogP contribution is 2.16. The molecule has 1 rings (SSSR count). The number of nitrogens with zero attached hydrogens (tertiary/aromatic N) is 2. The minimum Gasteiger partial charge on any atom is -0.320 e. The first-order chi connectivity index (χ1) is 6.07. The highest BCUT2D eigenvalue weighted by molar-refractivity contribution is 5.77. The number of hydrogen-bond acceptors (Lipinski definition) is 1. The van der Waals surface area contributed by atoms with Crippen LogP contribution in [0.2, 0.25) is 0 Å². The van der Waals surface area contributed by atoms with E-state index < -0.39 is 0 Å². The molecule has 1 atom stereocenters. The van der Waals surface area contributed by atoms with E-state index in [1.165, 1.54) is 0 Å². The molecule has 0 N–H and O–H groups in total. The Labute approximate surface area is 80.7 Å². The molecule has 0 bridgehead atoms. The molecule has 3 heteroatoms. The topological polar surface area (TPSA) is 23.6 Å². The van der Waals surface area contributed by atoms with Gasteiger partial charge in [0.15, 0.2) is 0 Å². The van der Waals surface area contributed by atoms with Gasteiger partial charge in [0.25, 0.3) is 0 Å².